The monoisotopic (exact) mass is 350 g/mol. The molecule has 0 amide bonds. The lowest BCUT2D eigenvalue weighted by molar-refractivity contribution is -0.165. The maximum atomic E-state index is 12.5. The van der Waals surface area contributed by atoms with Crippen molar-refractivity contribution in [3.8, 4) is 0 Å². The molecule has 3 rings (SSSR count). The molecule has 25 heavy (non-hydrogen) atoms. The second-order valence-corrected chi connectivity index (χ2v) is 8.46. The first kappa shape index (κ1) is 18.6. The summed E-state index contributed by atoms with van der Waals surface area (Å²) in [5.41, 5.74) is 0.249. The Balaban J connectivity index is 1.88. The summed E-state index contributed by atoms with van der Waals surface area (Å²) >= 11 is 0. The van der Waals surface area contributed by atoms with Crippen LogP contribution in [-0.2, 0) is 14.3 Å². The third-order valence-electron chi connectivity index (χ3n) is 6.21. The Bertz CT molecular complexity index is 597. The lowest BCUT2D eigenvalue weighted by atomic mass is 9.82. The highest BCUT2D eigenvalue weighted by Gasteiger charge is 2.54. The Morgan fingerprint density at radius 2 is 1.96 bits per heavy atom. The van der Waals surface area contributed by atoms with E-state index in [0.717, 1.165) is 12.0 Å². The molecule has 0 unspecified atom stereocenters. The molecule has 140 valence electrons. The second-order valence-electron chi connectivity index (χ2n) is 8.46. The molecule has 0 aromatic heterocycles. The number of aliphatic hydroxyl groups excluding tert-OH is 2. The Labute approximate surface area is 149 Å². The van der Waals surface area contributed by atoms with Gasteiger partial charge in [0, 0.05) is 12.0 Å². The molecule has 2 N–H and O–H groups in total. The molecule has 2 saturated heterocycles. The molecule has 0 aromatic rings. The van der Waals surface area contributed by atoms with Crippen molar-refractivity contribution < 1.29 is 24.5 Å². The molecule has 0 spiro atoms. The average Bonchev–Trinajstić information content (AvgIpc) is 3.17. The van der Waals surface area contributed by atoms with Gasteiger partial charge in [0.15, 0.2) is 0 Å². The van der Waals surface area contributed by atoms with Gasteiger partial charge in [-0.05, 0) is 58.8 Å². The zero-order valence-electron chi connectivity index (χ0n) is 15.5. The fourth-order valence-electron chi connectivity index (χ4n) is 4.21. The predicted octanol–water partition coefficient (Wildman–Crippen LogP) is 2.65. The number of carbonyl (C=O) groups is 1. The number of allylic oxidation sites excluding steroid dienone is 1. The number of hydrogen-bond acceptors (Lipinski definition) is 5. The first-order valence-electron chi connectivity index (χ1n) is 9.26. The number of aliphatic hydroxyl groups is 2. The van der Waals surface area contributed by atoms with Crippen molar-refractivity contribution in [1.29, 1.82) is 0 Å². The van der Waals surface area contributed by atoms with Crippen molar-refractivity contribution in [2.24, 2.45) is 5.92 Å². The normalized spacial score (nSPS) is 47.8. The standard InChI is InChI=1S/C20H30O5/c1-12-5-6-16(22)19(3)8-7-14(13(2)18(23)25-19)10-17-20(4,24-17)11-15(21)9-12/h9,14-17,21-22H,2,5-8,10-11H2,1,3-4H3/b12-9+/t14-,15-,16+,17+,19+,20-/m0/s1. The Morgan fingerprint density at radius 1 is 1.24 bits per heavy atom. The topological polar surface area (TPSA) is 79.3 Å². The minimum Gasteiger partial charge on any atom is -0.453 e. The Morgan fingerprint density at radius 3 is 2.68 bits per heavy atom. The molecule has 0 radical (unpaired) electrons. The van der Waals surface area contributed by atoms with Gasteiger partial charge in [-0.3, -0.25) is 0 Å². The molecule has 3 aliphatic rings. The van der Waals surface area contributed by atoms with Gasteiger partial charge in [0.1, 0.15) is 5.60 Å². The SMILES string of the molecule is C=C1C(=O)O[C@]2(C)CC[C@H]1C[C@H]1O[C@@]1(C)C[C@@H](O)/C=C(\C)CC[C@H]2O. The zero-order valence-corrected chi connectivity index (χ0v) is 15.5. The fraction of sp³-hybridized carbons (Fsp3) is 0.750. The van der Waals surface area contributed by atoms with Crippen molar-refractivity contribution in [2.45, 2.75) is 88.8 Å². The summed E-state index contributed by atoms with van der Waals surface area (Å²) in [6.07, 6.45) is 4.29. The van der Waals surface area contributed by atoms with Crippen LogP contribution in [0.15, 0.2) is 23.8 Å². The van der Waals surface area contributed by atoms with Crippen molar-refractivity contribution in [3.63, 3.8) is 0 Å². The Kier molecular flexibility index (Phi) is 4.86. The summed E-state index contributed by atoms with van der Waals surface area (Å²) in [6.45, 7) is 9.73. The largest absolute Gasteiger partial charge is 0.453 e. The van der Waals surface area contributed by atoms with Gasteiger partial charge in [-0.1, -0.05) is 18.2 Å². The van der Waals surface area contributed by atoms with Gasteiger partial charge in [-0.25, -0.2) is 4.79 Å². The summed E-state index contributed by atoms with van der Waals surface area (Å²) in [7, 11) is 0. The van der Waals surface area contributed by atoms with E-state index < -0.39 is 23.8 Å². The van der Waals surface area contributed by atoms with E-state index in [0.29, 0.717) is 37.7 Å². The molecular formula is C20H30O5. The highest BCUT2D eigenvalue weighted by molar-refractivity contribution is 5.89. The smallest absolute Gasteiger partial charge is 0.334 e. The van der Waals surface area contributed by atoms with Crippen LogP contribution < -0.4 is 0 Å². The van der Waals surface area contributed by atoms with Gasteiger partial charge in [-0.15, -0.1) is 0 Å². The summed E-state index contributed by atoms with van der Waals surface area (Å²) < 4.78 is 11.5. The van der Waals surface area contributed by atoms with Crippen LogP contribution in [-0.4, -0.2) is 45.7 Å². The van der Waals surface area contributed by atoms with Crippen LogP contribution in [0.3, 0.4) is 0 Å². The van der Waals surface area contributed by atoms with E-state index in [1.54, 1.807) is 0 Å². The third-order valence-corrected chi connectivity index (χ3v) is 6.21. The first-order chi connectivity index (χ1) is 11.6. The highest BCUT2D eigenvalue weighted by Crippen LogP contribution is 2.47. The number of rotatable bonds is 0. The second kappa shape index (κ2) is 6.53. The average molecular weight is 350 g/mol. The van der Waals surface area contributed by atoms with E-state index in [1.165, 1.54) is 0 Å². The van der Waals surface area contributed by atoms with Crippen LogP contribution in [0.2, 0.25) is 0 Å². The van der Waals surface area contributed by atoms with Gasteiger partial charge >= 0.3 is 5.97 Å². The number of ether oxygens (including phenoxy) is 2. The molecule has 1 aliphatic carbocycles. The van der Waals surface area contributed by atoms with Gasteiger partial charge in [-0.2, -0.15) is 0 Å². The molecule has 5 heteroatoms. The predicted molar refractivity (Wildman–Crippen MR) is 93.9 cm³/mol. The first-order valence-corrected chi connectivity index (χ1v) is 9.26. The van der Waals surface area contributed by atoms with Crippen LogP contribution in [0, 0.1) is 5.92 Å². The molecule has 2 fully saturated rings. The number of carbonyl (C=O) groups excluding carboxylic acids is 1. The maximum Gasteiger partial charge on any atom is 0.334 e. The van der Waals surface area contributed by atoms with E-state index >= 15 is 0 Å². The molecule has 6 atom stereocenters. The molecular weight excluding hydrogens is 320 g/mol. The summed E-state index contributed by atoms with van der Waals surface area (Å²) in [4.78, 5) is 12.5. The highest BCUT2D eigenvalue weighted by atomic mass is 16.6. The van der Waals surface area contributed by atoms with Crippen molar-refractivity contribution in [1.82, 2.24) is 0 Å². The number of fused-ring (bicyclic) bond motifs is 4. The Hall–Kier alpha value is -1.17. The van der Waals surface area contributed by atoms with Crippen LogP contribution >= 0.6 is 0 Å². The zero-order chi connectivity index (χ0) is 18.4. The molecule has 2 heterocycles. The lowest BCUT2D eigenvalue weighted by Gasteiger charge is -2.33. The quantitative estimate of drug-likeness (QED) is 0.304. The van der Waals surface area contributed by atoms with E-state index in [9.17, 15) is 15.0 Å². The van der Waals surface area contributed by atoms with E-state index in [-0.39, 0.29) is 17.6 Å². The summed E-state index contributed by atoms with van der Waals surface area (Å²) in [5.74, 6) is -0.417. The summed E-state index contributed by atoms with van der Waals surface area (Å²) in [6, 6.07) is 0. The molecule has 5 nitrogen and oxygen atoms in total. The van der Waals surface area contributed by atoms with Gasteiger partial charge in [0.05, 0.1) is 23.9 Å². The van der Waals surface area contributed by atoms with Crippen molar-refractivity contribution >= 4 is 5.97 Å². The van der Waals surface area contributed by atoms with Crippen LogP contribution in [0.1, 0.15) is 59.3 Å². The number of hydrogen-bond donors (Lipinski definition) is 2. The van der Waals surface area contributed by atoms with Crippen LogP contribution in [0.25, 0.3) is 0 Å². The van der Waals surface area contributed by atoms with Gasteiger partial charge < -0.3 is 19.7 Å². The number of esters is 1. The minimum atomic E-state index is -0.897. The lowest BCUT2D eigenvalue weighted by Crippen LogP contribution is -2.43. The van der Waals surface area contributed by atoms with Gasteiger partial charge in [0.2, 0.25) is 0 Å². The minimum absolute atomic E-state index is 0.00860. The van der Waals surface area contributed by atoms with Crippen LogP contribution in [0.4, 0.5) is 0 Å². The fourth-order valence-corrected chi connectivity index (χ4v) is 4.21. The van der Waals surface area contributed by atoms with E-state index in [1.807, 2.05) is 26.8 Å². The van der Waals surface area contributed by atoms with E-state index in [2.05, 4.69) is 6.58 Å². The molecule has 2 aliphatic heterocycles. The van der Waals surface area contributed by atoms with E-state index in [4.69, 9.17) is 9.47 Å². The summed E-state index contributed by atoms with van der Waals surface area (Å²) in [5, 5.41) is 21.0. The molecule has 0 aromatic carbocycles. The maximum absolute atomic E-state index is 12.5. The third kappa shape index (κ3) is 3.83. The molecule has 2 bridgehead atoms. The number of epoxide rings is 1. The van der Waals surface area contributed by atoms with Crippen LogP contribution in [0.5, 0.6) is 0 Å². The van der Waals surface area contributed by atoms with Crippen molar-refractivity contribution in [2.75, 3.05) is 0 Å². The van der Waals surface area contributed by atoms with Gasteiger partial charge in [0.25, 0.3) is 0 Å². The molecule has 0 saturated carbocycles. The van der Waals surface area contributed by atoms with Crippen molar-refractivity contribution in [3.05, 3.63) is 23.8 Å².